The van der Waals surface area contributed by atoms with Crippen molar-refractivity contribution in [1.82, 2.24) is 9.80 Å². The molecule has 24 heavy (non-hydrogen) atoms. The van der Waals surface area contributed by atoms with E-state index in [-0.39, 0.29) is 18.0 Å². The number of carbonyl (C=O) groups excluding carboxylic acids is 2. The van der Waals surface area contributed by atoms with Crippen LogP contribution in [0, 0.1) is 0 Å². The van der Waals surface area contributed by atoms with E-state index in [0.29, 0.717) is 13.1 Å². The van der Waals surface area contributed by atoms with E-state index in [9.17, 15) is 9.59 Å². The fourth-order valence-electron chi connectivity index (χ4n) is 2.53. The van der Waals surface area contributed by atoms with Gasteiger partial charge in [0.05, 0.1) is 19.2 Å². The normalized spacial score (nSPS) is 16.2. The minimum absolute atomic E-state index is 0.0232. The molecule has 1 aliphatic heterocycles. The van der Waals surface area contributed by atoms with Gasteiger partial charge in [-0.05, 0) is 38.1 Å². The first-order valence-corrected chi connectivity index (χ1v) is 8.91. The van der Waals surface area contributed by atoms with Gasteiger partial charge in [0.25, 0.3) is 0 Å². The number of rotatable bonds is 6. The minimum atomic E-state index is -0.188. The summed E-state index contributed by atoms with van der Waals surface area (Å²) in [6.45, 7) is 7.43. The van der Waals surface area contributed by atoms with Gasteiger partial charge in [-0.15, -0.1) is 0 Å². The number of piperazine rings is 1. The van der Waals surface area contributed by atoms with Gasteiger partial charge in [-0.3, -0.25) is 19.4 Å². The molecule has 1 saturated heterocycles. The van der Waals surface area contributed by atoms with Crippen molar-refractivity contribution in [2.45, 2.75) is 20.0 Å². The van der Waals surface area contributed by atoms with Crippen LogP contribution in [0.2, 0.25) is 0 Å². The largest absolute Gasteiger partial charge is 0.462 e. The van der Waals surface area contributed by atoms with Crippen molar-refractivity contribution in [3.63, 3.8) is 0 Å². The maximum atomic E-state index is 12.1. The molecule has 0 aromatic heterocycles. The number of anilines is 1. The fourth-order valence-corrected chi connectivity index (χ4v) is 2.79. The molecule has 2 rings (SSSR count). The molecule has 1 heterocycles. The lowest BCUT2D eigenvalue weighted by atomic mass is 10.3. The number of carbonyl (C=O) groups is 2. The molecule has 1 aromatic carbocycles. The Kier molecular flexibility index (Phi) is 7.20. The molecular weight excluding hydrogens is 374 g/mol. The Morgan fingerprint density at radius 1 is 1.08 bits per heavy atom. The maximum absolute atomic E-state index is 12.1. The van der Waals surface area contributed by atoms with E-state index in [4.69, 9.17) is 4.74 Å². The second kappa shape index (κ2) is 9.15. The molecule has 1 N–H and O–H groups in total. The molecule has 0 atom stereocenters. The van der Waals surface area contributed by atoms with Crippen LogP contribution in [-0.2, 0) is 14.3 Å². The molecular formula is C17H24BrN3O3. The summed E-state index contributed by atoms with van der Waals surface area (Å²) in [6, 6.07) is 7.51. The second-order valence-corrected chi connectivity index (χ2v) is 7.06. The number of nitrogens with zero attached hydrogens (tertiary/aromatic N) is 2. The predicted molar refractivity (Wildman–Crippen MR) is 96.9 cm³/mol. The van der Waals surface area contributed by atoms with Crippen LogP contribution in [-0.4, -0.2) is 67.0 Å². The summed E-state index contributed by atoms with van der Waals surface area (Å²) in [4.78, 5) is 27.9. The highest BCUT2D eigenvalue weighted by Crippen LogP contribution is 2.14. The third-order valence-corrected chi connectivity index (χ3v) is 4.21. The summed E-state index contributed by atoms with van der Waals surface area (Å²) in [5.74, 6) is -0.212. The Balaban J connectivity index is 1.69. The molecule has 6 nitrogen and oxygen atoms in total. The van der Waals surface area contributed by atoms with Gasteiger partial charge in [0, 0.05) is 36.3 Å². The van der Waals surface area contributed by atoms with Gasteiger partial charge in [-0.25, -0.2) is 0 Å². The summed E-state index contributed by atoms with van der Waals surface area (Å²) in [5, 5.41) is 2.89. The molecule has 0 unspecified atom stereocenters. The number of ether oxygens (including phenoxy) is 1. The van der Waals surface area contributed by atoms with Gasteiger partial charge in [0.1, 0.15) is 0 Å². The number of esters is 1. The third-order valence-electron chi connectivity index (χ3n) is 3.68. The first kappa shape index (κ1) is 18.9. The van der Waals surface area contributed by atoms with Crippen molar-refractivity contribution >= 4 is 33.5 Å². The van der Waals surface area contributed by atoms with Gasteiger partial charge in [0.2, 0.25) is 5.91 Å². The average Bonchev–Trinajstić information content (AvgIpc) is 2.51. The summed E-state index contributed by atoms with van der Waals surface area (Å²) in [7, 11) is 0. The van der Waals surface area contributed by atoms with Crippen molar-refractivity contribution in [3.8, 4) is 0 Å². The van der Waals surface area contributed by atoms with Crippen molar-refractivity contribution < 1.29 is 14.3 Å². The first-order chi connectivity index (χ1) is 11.4. The lowest BCUT2D eigenvalue weighted by molar-refractivity contribution is -0.149. The number of halogens is 1. The van der Waals surface area contributed by atoms with E-state index in [2.05, 4.69) is 31.0 Å². The standard InChI is InChI=1S/C17H24BrN3O3/c1-13(2)24-17(23)12-21-9-7-20(8-10-21)11-16(22)19-15-5-3-14(18)4-6-15/h3-6,13H,7-12H2,1-2H3,(H,19,22). The van der Waals surface area contributed by atoms with Gasteiger partial charge >= 0.3 is 5.97 Å². The number of nitrogens with one attached hydrogen (secondary N) is 1. The maximum Gasteiger partial charge on any atom is 0.320 e. The lowest BCUT2D eigenvalue weighted by Gasteiger charge is -2.33. The van der Waals surface area contributed by atoms with E-state index >= 15 is 0 Å². The number of hydrogen-bond donors (Lipinski definition) is 1. The minimum Gasteiger partial charge on any atom is -0.462 e. The number of hydrogen-bond acceptors (Lipinski definition) is 5. The van der Waals surface area contributed by atoms with Gasteiger partial charge in [0.15, 0.2) is 0 Å². The van der Waals surface area contributed by atoms with E-state index in [0.717, 1.165) is 36.3 Å². The van der Waals surface area contributed by atoms with E-state index in [1.807, 2.05) is 38.1 Å². The summed E-state index contributed by atoms with van der Waals surface area (Å²) in [6.07, 6.45) is -0.0823. The topological polar surface area (TPSA) is 61.9 Å². The van der Waals surface area contributed by atoms with Gasteiger partial charge < -0.3 is 10.1 Å². The quantitative estimate of drug-likeness (QED) is 0.743. The van der Waals surface area contributed by atoms with Gasteiger partial charge in [-0.1, -0.05) is 15.9 Å². The van der Waals surface area contributed by atoms with E-state index in [1.165, 1.54) is 0 Å². The average molecular weight is 398 g/mol. The molecule has 1 amide bonds. The monoisotopic (exact) mass is 397 g/mol. The van der Waals surface area contributed by atoms with Gasteiger partial charge in [-0.2, -0.15) is 0 Å². The molecule has 1 aromatic rings. The Morgan fingerprint density at radius 2 is 1.62 bits per heavy atom. The molecule has 0 saturated carbocycles. The highest BCUT2D eigenvalue weighted by atomic mass is 79.9. The molecule has 0 radical (unpaired) electrons. The summed E-state index contributed by atoms with van der Waals surface area (Å²) in [5.41, 5.74) is 0.790. The van der Waals surface area contributed by atoms with Crippen molar-refractivity contribution in [2.24, 2.45) is 0 Å². The van der Waals surface area contributed by atoms with Crippen molar-refractivity contribution in [2.75, 3.05) is 44.6 Å². The smallest absolute Gasteiger partial charge is 0.320 e. The Morgan fingerprint density at radius 3 is 2.17 bits per heavy atom. The molecule has 7 heteroatoms. The van der Waals surface area contributed by atoms with Crippen LogP contribution >= 0.6 is 15.9 Å². The Hall–Kier alpha value is -1.44. The highest BCUT2D eigenvalue weighted by Gasteiger charge is 2.21. The van der Waals surface area contributed by atoms with Crippen LogP contribution in [0.25, 0.3) is 0 Å². The predicted octanol–water partition coefficient (Wildman–Crippen LogP) is 1.96. The SMILES string of the molecule is CC(C)OC(=O)CN1CCN(CC(=O)Nc2ccc(Br)cc2)CC1. The van der Waals surface area contributed by atoms with Crippen LogP contribution in [0.5, 0.6) is 0 Å². The molecule has 0 bridgehead atoms. The Labute approximate surface area is 151 Å². The molecule has 0 spiro atoms. The molecule has 1 aliphatic rings. The van der Waals surface area contributed by atoms with Crippen molar-refractivity contribution in [1.29, 1.82) is 0 Å². The van der Waals surface area contributed by atoms with Crippen molar-refractivity contribution in [3.05, 3.63) is 28.7 Å². The third kappa shape index (κ3) is 6.59. The van der Waals surface area contributed by atoms with E-state index in [1.54, 1.807) is 0 Å². The highest BCUT2D eigenvalue weighted by molar-refractivity contribution is 9.10. The zero-order valence-corrected chi connectivity index (χ0v) is 15.7. The van der Waals surface area contributed by atoms with Crippen LogP contribution in [0.4, 0.5) is 5.69 Å². The van der Waals surface area contributed by atoms with Crippen LogP contribution in [0.15, 0.2) is 28.7 Å². The fraction of sp³-hybridized carbons (Fsp3) is 0.529. The zero-order valence-electron chi connectivity index (χ0n) is 14.1. The first-order valence-electron chi connectivity index (χ1n) is 8.12. The molecule has 0 aliphatic carbocycles. The zero-order chi connectivity index (χ0) is 17.5. The lowest BCUT2D eigenvalue weighted by Crippen LogP contribution is -2.50. The summed E-state index contributed by atoms with van der Waals surface area (Å²) < 4.78 is 6.14. The van der Waals surface area contributed by atoms with Crippen LogP contribution < -0.4 is 5.32 Å². The molecule has 1 fully saturated rings. The molecule has 132 valence electrons. The van der Waals surface area contributed by atoms with E-state index < -0.39 is 0 Å². The summed E-state index contributed by atoms with van der Waals surface area (Å²) >= 11 is 3.37. The second-order valence-electron chi connectivity index (χ2n) is 6.15. The number of benzene rings is 1. The van der Waals surface area contributed by atoms with Crippen LogP contribution in [0.3, 0.4) is 0 Å². The van der Waals surface area contributed by atoms with Crippen LogP contribution in [0.1, 0.15) is 13.8 Å². The Bertz CT molecular complexity index is 555. The number of amides is 1.